The van der Waals surface area contributed by atoms with E-state index in [0.29, 0.717) is 56.6 Å². The summed E-state index contributed by atoms with van der Waals surface area (Å²) in [4.78, 5) is 18.9. The zero-order chi connectivity index (χ0) is 31.4. The van der Waals surface area contributed by atoms with Crippen LogP contribution in [0.25, 0.3) is 0 Å². The van der Waals surface area contributed by atoms with Crippen LogP contribution in [-0.2, 0) is 11.4 Å². The van der Waals surface area contributed by atoms with Crippen LogP contribution >= 0.6 is 39.3 Å². The Balaban J connectivity index is 1.57. The first-order chi connectivity index (χ1) is 21.2. The number of hydrogen-bond acceptors (Lipinski definition) is 7. The molecule has 0 radical (unpaired) electrons. The number of anilines is 2. The lowest BCUT2D eigenvalue weighted by Gasteiger charge is -2.29. The van der Waals surface area contributed by atoms with Crippen LogP contribution in [0.1, 0.15) is 55.5 Å². The molecule has 0 saturated carbocycles. The highest BCUT2D eigenvalue weighted by molar-refractivity contribution is 9.10. The van der Waals surface area contributed by atoms with E-state index in [2.05, 4.69) is 33.5 Å². The van der Waals surface area contributed by atoms with E-state index in [1.54, 1.807) is 16.4 Å². The summed E-state index contributed by atoms with van der Waals surface area (Å²) in [5, 5.41) is 12.6. The highest BCUT2D eigenvalue weighted by atomic mass is 79.9. The molecule has 0 fully saturated rings. The third-order valence-corrected chi connectivity index (χ3v) is 9.19. The lowest BCUT2D eigenvalue weighted by atomic mass is 9.94. The van der Waals surface area contributed by atoms with E-state index in [9.17, 15) is 4.79 Å². The molecule has 0 aliphatic carbocycles. The van der Waals surface area contributed by atoms with Crippen molar-refractivity contribution in [2.75, 3.05) is 23.0 Å². The number of aromatic nitrogens is 3. The summed E-state index contributed by atoms with van der Waals surface area (Å²) in [5.74, 6) is 2.36. The summed E-state index contributed by atoms with van der Waals surface area (Å²) in [5.41, 5.74) is 5.87. The van der Waals surface area contributed by atoms with Crippen molar-refractivity contribution in [1.82, 2.24) is 14.8 Å². The van der Waals surface area contributed by atoms with Gasteiger partial charge in [-0.05, 0) is 103 Å². The number of fused-ring (bicyclic) bond motifs is 1. The fourth-order valence-electron chi connectivity index (χ4n) is 4.95. The minimum Gasteiger partial charge on any atom is -0.490 e. The number of carbonyl (C=O) groups excluding carboxylic acids is 1. The summed E-state index contributed by atoms with van der Waals surface area (Å²) < 4.78 is 14.8. The molecule has 1 aliphatic heterocycles. The Morgan fingerprint density at radius 1 is 1.11 bits per heavy atom. The van der Waals surface area contributed by atoms with E-state index in [0.717, 1.165) is 40.1 Å². The number of ether oxygens (including phenoxy) is 2. The summed E-state index contributed by atoms with van der Waals surface area (Å²) >= 11 is 11.4. The maximum Gasteiger partial charge on any atom is 0.255 e. The van der Waals surface area contributed by atoms with E-state index < -0.39 is 6.04 Å². The molecule has 1 unspecified atom stereocenters. The van der Waals surface area contributed by atoms with Crippen molar-refractivity contribution in [3.63, 3.8) is 0 Å². The van der Waals surface area contributed by atoms with E-state index >= 15 is 0 Å². The molecule has 2 N–H and O–H groups in total. The normalized spacial score (nSPS) is 14.2. The number of benzene rings is 3. The van der Waals surface area contributed by atoms with Gasteiger partial charge in [0.1, 0.15) is 12.6 Å². The summed E-state index contributed by atoms with van der Waals surface area (Å²) in [6.45, 7) is 10.7. The monoisotopic (exact) mass is 695 g/mol. The van der Waals surface area contributed by atoms with Crippen molar-refractivity contribution in [2.45, 2.75) is 58.8 Å². The number of halogens is 2. The molecule has 2 heterocycles. The van der Waals surface area contributed by atoms with Gasteiger partial charge in [0.15, 0.2) is 11.5 Å². The van der Waals surface area contributed by atoms with Crippen LogP contribution < -0.4 is 20.1 Å². The van der Waals surface area contributed by atoms with Gasteiger partial charge in [0.05, 0.1) is 16.7 Å². The second kappa shape index (κ2) is 14.1. The Morgan fingerprint density at radius 3 is 2.61 bits per heavy atom. The molecule has 44 heavy (non-hydrogen) atoms. The molecule has 5 rings (SSSR count). The van der Waals surface area contributed by atoms with Crippen molar-refractivity contribution in [3.05, 3.63) is 97.6 Å². The number of amides is 1. The van der Waals surface area contributed by atoms with Crippen LogP contribution in [0.3, 0.4) is 0 Å². The van der Waals surface area contributed by atoms with Crippen molar-refractivity contribution in [3.8, 4) is 11.5 Å². The van der Waals surface area contributed by atoms with Crippen LogP contribution in [0, 0.1) is 13.8 Å². The zero-order valence-electron chi connectivity index (χ0n) is 25.3. The van der Waals surface area contributed by atoms with Gasteiger partial charge in [-0.1, -0.05) is 54.6 Å². The van der Waals surface area contributed by atoms with Gasteiger partial charge in [0.2, 0.25) is 11.1 Å². The lowest BCUT2D eigenvalue weighted by molar-refractivity contribution is -0.113. The van der Waals surface area contributed by atoms with E-state index in [1.807, 2.05) is 82.3 Å². The molecule has 1 amide bonds. The second-order valence-electron chi connectivity index (χ2n) is 10.5. The second-order valence-corrected chi connectivity index (χ2v) is 12.8. The molecule has 1 aromatic heterocycles. The van der Waals surface area contributed by atoms with E-state index in [1.165, 1.54) is 0 Å². The number of hydrogen-bond donors (Lipinski definition) is 2. The van der Waals surface area contributed by atoms with Crippen LogP contribution in [0.15, 0.2) is 75.5 Å². The minimum absolute atomic E-state index is 0.227. The Hall–Kier alpha value is -3.47. The summed E-state index contributed by atoms with van der Waals surface area (Å²) in [6, 6.07) is 16.7. The summed E-state index contributed by atoms with van der Waals surface area (Å²) in [6.07, 6.45) is 0.994. The number of aryl methyl sites for hydroxylation is 1. The first-order valence-electron chi connectivity index (χ1n) is 14.5. The van der Waals surface area contributed by atoms with Gasteiger partial charge in [-0.3, -0.25) is 4.79 Å². The molecule has 4 aromatic rings. The average Bonchev–Trinajstić information content (AvgIpc) is 3.40. The van der Waals surface area contributed by atoms with Crippen LogP contribution in [0.2, 0.25) is 5.02 Å². The third-order valence-electron chi connectivity index (χ3n) is 7.31. The number of thioether (sulfide) groups is 1. The average molecular weight is 697 g/mol. The predicted molar refractivity (Wildman–Crippen MR) is 181 cm³/mol. The lowest BCUT2D eigenvalue weighted by Crippen LogP contribution is -2.31. The predicted octanol–water partition coefficient (Wildman–Crippen LogP) is 8.72. The van der Waals surface area contributed by atoms with Crippen molar-refractivity contribution < 1.29 is 14.3 Å². The van der Waals surface area contributed by atoms with Gasteiger partial charge in [0, 0.05) is 22.2 Å². The Labute approximate surface area is 275 Å². The molecular weight excluding hydrogens is 662 g/mol. The Bertz CT molecular complexity index is 1710. The van der Waals surface area contributed by atoms with Crippen LogP contribution in [0.5, 0.6) is 11.5 Å². The number of nitrogens with one attached hydrogen (secondary N) is 2. The smallest absolute Gasteiger partial charge is 0.255 e. The number of allylic oxidation sites excluding steroid dienone is 1. The topological polar surface area (TPSA) is 90.3 Å². The maximum atomic E-state index is 14.1. The number of carbonyl (C=O) groups is 1. The summed E-state index contributed by atoms with van der Waals surface area (Å²) in [7, 11) is 0. The highest BCUT2D eigenvalue weighted by Gasteiger charge is 2.35. The van der Waals surface area contributed by atoms with Crippen molar-refractivity contribution >= 4 is 56.8 Å². The first kappa shape index (κ1) is 31.9. The Morgan fingerprint density at radius 2 is 1.89 bits per heavy atom. The van der Waals surface area contributed by atoms with Crippen LogP contribution in [-0.4, -0.2) is 33.0 Å². The largest absolute Gasteiger partial charge is 0.490 e. The number of nitrogens with zero attached hydrogens (tertiary/aromatic N) is 3. The standard InChI is InChI=1S/C33H35BrClN5O3S/c1-6-15-44-33-38-32-36-21(5)28(31(41)37-26-10-8-9-19(3)20(26)4)29(40(32)39-33)23-16-25(34)30(27(17-23)42-7-2)43-18-22-11-13-24(35)14-12-22/h8-14,16-17,29H,6-7,15,18H2,1-5H3,(H,37,41)(H,36,38,39). The zero-order valence-corrected chi connectivity index (χ0v) is 28.5. The fourth-order valence-corrected chi connectivity index (χ4v) is 6.33. The Kier molecular flexibility index (Phi) is 10.2. The highest BCUT2D eigenvalue weighted by Crippen LogP contribution is 2.44. The van der Waals surface area contributed by atoms with Crippen molar-refractivity contribution in [2.24, 2.45) is 0 Å². The van der Waals surface area contributed by atoms with E-state index in [-0.39, 0.29) is 5.91 Å². The quantitative estimate of drug-likeness (QED) is 0.152. The molecular formula is C33H35BrClN5O3S. The third kappa shape index (κ3) is 6.92. The minimum atomic E-state index is -0.583. The van der Waals surface area contributed by atoms with Crippen LogP contribution in [0.4, 0.5) is 11.6 Å². The molecule has 3 aromatic carbocycles. The molecule has 230 valence electrons. The van der Waals surface area contributed by atoms with Gasteiger partial charge >= 0.3 is 0 Å². The van der Waals surface area contributed by atoms with E-state index in [4.69, 9.17) is 31.2 Å². The molecule has 0 saturated heterocycles. The van der Waals surface area contributed by atoms with Gasteiger partial charge in [-0.25, -0.2) is 4.68 Å². The molecule has 8 nitrogen and oxygen atoms in total. The van der Waals surface area contributed by atoms with Gasteiger partial charge in [0.25, 0.3) is 5.91 Å². The van der Waals surface area contributed by atoms with Crippen molar-refractivity contribution in [1.29, 1.82) is 0 Å². The van der Waals surface area contributed by atoms with Gasteiger partial charge in [-0.2, -0.15) is 4.98 Å². The fraction of sp³-hybridized carbons (Fsp3) is 0.303. The molecule has 0 bridgehead atoms. The number of rotatable bonds is 11. The SMILES string of the molecule is CCCSc1nc2n(n1)C(c1cc(Br)c(OCc3ccc(Cl)cc3)c(OCC)c1)C(C(=O)Nc1cccc(C)c1C)=C(C)N2. The molecule has 1 aliphatic rings. The van der Waals surface area contributed by atoms with Gasteiger partial charge in [-0.15, -0.1) is 5.10 Å². The van der Waals surface area contributed by atoms with Gasteiger partial charge < -0.3 is 20.1 Å². The molecule has 11 heteroatoms. The molecule has 1 atom stereocenters. The maximum absolute atomic E-state index is 14.1. The first-order valence-corrected chi connectivity index (χ1v) is 16.6. The molecule has 0 spiro atoms.